The maximum atomic E-state index is 12.6. The van der Waals surface area contributed by atoms with E-state index in [2.05, 4.69) is 74.5 Å². The first-order valence-corrected chi connectivity index (χ1v) is 11.9. The fourth-order valence-electron chi connectivity index (χ4n) is 4.26. The Labute approximate surface area is 263 Å². The van der Waals surface area contributed by atoms with Crippen molar-refractivity contribution < 1.29 is 75.0 Å². The summed E-state index contributed by atoms with van der Waals surface area (Å²) in [7, 11) is 0. The van der Waals surface area contributed by atoms with Gasteiger partial charge in [0, 0.05) is 65.4 Å². The van der Waals surface area contributed by atoms with E-state index in [9.17, 15) is 9.59 Å². The molecule has 4 heteroatoms. The zero-order chi connectivity index (χ0) is 24.4. The summed E-state index contributed by atoms with van der Waals surface area (Å²) in [6, 6.07) is 17.2. The summed E-state index contributed by atoms with van der Waals surface area (Å²) in [4.78, 5) is 25.1. The number of allylic oxidation sites excluding steroid dienone is 4. The van der Waals surface area contributed by atoms with Crippen LogP contribution in [0.25, 0.3) is 0 Å². The second-order valence-electron chi connectivity index (χ2n) is 9.92. The predicted molar refractivity (Wildman–Crippen MR) is 137 cm³/mol. The van der Waals surface area contributed by atoms with E-state index in [4.69, 9.17) is 0 Å². The molecule has 0 saturated carbocycles. The second kappa shape index (κ2) is 17.1. The fraction of sp³-hybridized carbons (Fsp3) is 0.419. The van der Waals surface area contributed by atoms with Crippen molar-refractivity contribution in [3.63, 3.8) is 0 Å². The van der Waals surface area contributed by atoms with Gasteiger partial charge in [-0.3, -0.25) is 11.1 Å². The molecule has 0 N–H and O–H groups in total. The van der Waals surface area contributed by atoms with Crippen LogP contribution in [-0.4, -0.2) is 11.6 Å². The second-order valence-corrected chi connectivity index (χ2v) is 9.92. The van der Waals surface area contributed by atoms with Crippen LogP contribution in [0.2, 0.25) is 0 Å². The van der Waals surface area contributed by atoms with Gasteiger partial charge in [-0.05, 0) is 80.5 Å². The van der Waals surface area contributed by atoms with Gasteiger partial charge in [-0.15, -0.1) is 0 Å². The Kier molecular flexibility index (Phi) is 16.8. The number of rotatable bonds is 12. The molecule has 0 fully saturated rings. The number of hydrogen-bond donors (Lipinski definition) is 0. The van der Waals surface area contributed by atoms with Gasteiger partial charge in [-0.1, -0.05) is 87.4 Å². The van der Waals surface area contributed by atoms with Crippen molar-refractivity contribution in [2.45, 2.75) is 80.1 Å². The molecule has 2 radical (unpaired) electrons. The smallest absolute Gasteiger partial charge is 0 e. The molecule has 0 aliphatic rings. The molecule has 0 aromatic heterocycles. The van der Waals surface area contributed by atoms with Crippen molar-refractivity contribution in [3.8, 4) is 0 Å². The first kappa shape index (κ1) is 34.5. The van der Waals surface area contributed by atoms with E-state index in [1.165, 1.54) is 22.3 Å². The third-order valence-electron chi connectivity index (χ3n) is 5.94. The number of hydrogen-bond acceptors (Lipinski definition) is 2. The van der Waals surface area contributed by atoms with Crippen molar-refractivity contribution in [1.29, 1.82) is 0 Å². The number of carbonyl (C=O) groups excluding carboxylic acids is 2. The van der Waals surface area contributed by atoms with E-state index in [0.29, 0.717) is 12.8 Å². The molecular formula is C31H38O2Y2-2. The van der Waals surface area contributed by atoms with Gasteiger partial charge in [-0.25, -0.2) is 0 Å². The van der Waals surface area contributed by atoms with Gasteiger partial charge in [-0.2, -0.15) is 0 Å². The summed E-state index contributed by atoms with van der Waals surface area (Å²) in [6.07, 6.45) is 9.84. The first-order valence-electron chi connectivity index (χ1n) is 11.9. The molecule has 0 spiro atoms. The summed E-state index contributed by atoms with van der Waals surface area (Å²) < 4.78 is 0. The van der Waals surface area contributed by atoms with Gasteiger partial charge in [0.2, 0.25) is 0 Å². The molecule has 2 aromatic rings. The van der Waals surface area contributed by atoms with E-state index in [0.717, 1.165) is 36.8 Å². The third-order valence-corrected chi connectivity index (χ3v) is 5.94. The van der Waals surface area contributed by atoms with Crippen LogP contribution in [0.4, 0.5) is 0 Å². The number of aryl methyl sites for hydroxylation is 2. The van der Waals surface area contributed by atoms with E-state index in [1.54, 1.807) is 0 Å². The van der Waals surface area contributed by atoms with Gasteiger partial charge in [0.05, 0.1) is 0 Å². The van der Waals surface area contributed by atoms with Crippen LogP contribution in [0.5, 0.6) is 0 Å². The Hall–Kier alpha value is -0.532. The Balaban J connectivity index is 0.00000578. The molecule has 0 heterocycles. The number of Topliss-reactive ketones (excluding diaryl/α,β-unsaturated/α-hetero) is 2. The summed E-state index contributed by atoms with van der Waals surface area (Å²) in [5.41, 5.74) is 6.53. The summed E-state index contributed by atoms with van der Waals surface area (Å²) in [5.74, 6) is 0.0729. The Morgan fingerprint density at radius 2 is 0.943 bits per heavy atom. The van der Waals surface area contributed by atoms with Crippen LogP contribution >= 0.6 is 0 Å². The first-order chi connectivity index (χ1) is 15.6. The molecule has 0 atom stereocenters. The molecule has 182 valence electrons. The average Bonchev–Trinajstić information content (AvgIpc) is 2.73. The van der Waals surface area contributed by atoms with Gasteiger partial charge >= 0.3 is 0 Å². The third kappa shape index (κ3) is 13.5. The van der Waals surface area contributed by atoms with Crippen molar-refractivity contribution in [2.75, 3.05) is 0 Å². The average molecular weight is 620 g/mol. The number of carbonyl (C=O) groups is 2. The summed E-state index contributed by atoms with van der Waals surface area (Å²) in [6.45, 7) is 11.8. The maximum Gasteiger partial charge on any atom is 0 e. The molecule has 2 nitrogen and oxygen atoms in total. The summed E-state index contributed by atoms with van der Waals surface area (Å²) >= 11 is 0. The van der Waals surface area contributed by atoms with Crippen LogP contribution in [0.1, 0.15) is 75.6 Å². The zero-order valence-corrected chi connectivity index (χ0v) is 28.0. The molecule has 0 aliphatic heterocycles. The molecule has 0 aliphatic carbocycles. The van der Waals surface area contributed by atoms with Crippen LogP contribution in [-0.2, 0) is 87.8 Å². The van der Waals surface area contributed by atoms with Gasteiger partial charge < -0.3 is 21.7 Å². The zero-order valence-electron chi connectivity index (χ0n) is 22.3. The van der Waals surface area contributed by atoms with Gasteiger partial charge in [0.25, 0.3) is 0 Å². The van der Waals surface area contributed by atoms with Crippen molar-refractivity contribution in [2.24, 2.45) is 5.41 Å². The molecule has 2 aromatic carbocycles. The van der Waals surface area contributed by atoms with E-state index >= 15 is 0 Å². The topological polar surface area (TPSA) is 34.1 Å². The van der Waals surface area contributed by atoms with E-state index < -0.39 is 0 Å². The number of benzene rings is 2. The predicted octanol–water partition coefficient (Wildman–Crippen LogP) is 7.31. The monoisotopic (exact) mass is 620 g/mol. The van der Waals surface area contributed by atoms with Gasteiger partial charge in [0.1, 0.15) is 0 Å². The minimum atomic E-state index is -0.206. The van der Waals surface area contributed by atoms with Crippen molar-refractivity contribution in [3.05, 3.63) is 94.1 Å². The van der Waals surface area contributed by atoms with Crippen molar-refractivity contribution in [1.82, 2.24) is 0 Å². The molecule has 0 saturated heterocycles. The minimum Gasteiger partial charge on any atom is -0.428 e. The Morgan fingerprint density at radius 3 is 1.23 bits per heavy atom. The molecule has 2 rings (SSSR count). The number of ketones is 2. The molecule has 0 amide bonds. The maximum absolute atomic E-state index is 12.6. The largest absolute Gasteiger partial charge is 0.428 e. The minimum absolute atomic E-state index is 0. The SMILES string of the molecule is CC(C)=[C-]C(=O)CCC(CCC(=O)[C-]=C(C)C)(Cc1ccc(C)cc1)Cc1ccc(C)cc1.[Y].[Y]. The molecule has 35 heavy (non-hydrogen) atoms. The molecule has 0 bridgehead atoms. The van der Waals surface area contributed by atoms with Crippen LogP contribution < -0.4 is 0 Å². The summed E-state index contributed by atoms with van der Waals surface area (Å²) in [5, 5.41) is 0. The van der Waals surface area contributed by atoms with Crippen LogP contribution in [0, 0.1) is 31.4 Å². The standard InChI is InChI=1S/C31H38O2.2Y/c1-23(2)19-29(32)15-17-31(18-16-30(33)20-24(3)4,21-27-11-7-25(5)8-12-27)22-28-13-9-26(6)10-14-28;;/h7-14H,15-18,21-22H2,1-6H3;;/q-2;;. The van der Waals surface area contributed by atoms with Crippen molar-refractivity contribution >= 4 is 11.6 Å². The molecular weight excluding hydrogens is 582 g/mol. The Bertz CT molecular complexity index is 908. The molecule has 0 unspecified atom stereocenters. The fourth-order valence-corrected chi connectivity index (χ4v) is 4.26. The van der Waals surface area contributed by atoms with E-state index in [1.807, 2.05) is 27.7 Å². The van der Waals surface area contributed by atoms with Crippen LogP contribution in [0.3, 0.4) is 0 Å². The normalized spacial score (nSPS) is 10.5. The quantitative estimate of drug-likeness (QED) is 0.184. The van der Waals surface area contributed by atoms with Gasteiger partial charge in [0.15, 0.2) is 0 Å². The van der Waals surface area contributed by atoms with E-state index in [-0.39, 0.29) is 82.4 Å². The van der Waals surface area contributed by atoms with Crippen LogP contribution in [0.15, 0.2) is 59.7 Å². The Morgan fingerprint density at radius 1 is 0.629 bits per heavy atom.